The largest absolute Gasteiger partial charge is 0.480 e. The summed E-state index contributed by atoms with van der Waals surface area (Å²) in [6, 6.07) is -0.794. The Morgan fingerprint density at radius 2 is 2.29 bits per heavy atom. The molecule has 1 aliphatic rings. The van der Waals surface area contributed by atoms with E-state index in [0.29, 0.717) is 11.7 Å². The first-order valence-corrected chi connectivity index (χ1v) is 6.88. The maximum atomic E-state index is 11.4. The van der Waals surface area contributed by atoms with Crippen molar-refractivity contribution < 1.29 is 14.7 Å². The maximum Gasteiger partial charge on any atom is 0.325 e. The van der Waals surface area contributed by atoms with Gasteiger partial charge in [-0.1, -0.05) is 18.4 Å². The van der Waals surface area contributed by atoms with Gasteiger partial charge >= 0.3 is 5.97 Å². The molecule has 6 heteroatoms. The molecule has 3 N–H and O–H groups in total. The van der Waals surface area contributed by atoms with Crippen molar-refractivity contribution >= 4 is 23.8 Å². The van der Waals surface area contributed by atoms with E-state index < -0.39 is 12.0 Å². The van der Waals surface area contributed by atoms with Crippen molar-refractivity contribution in [3.63, 3.8) is 0 Å². The normalized spacial score (nSPS) is 21.1. The first kappa shape index (κ1) is 14.3. The highest BCUT2D eigenvalue weighted by Gasteiger charge is 2.16. The molecule has 0 bridgehead atoms. The van der Waals surface area contributed by atoms with Gasteiger partial charge in [0.05, 0.1) is 0 Å². The predicted octanol–water partition coefficient (Wildman–Crippen LogP) is 1.15. The lowest BCUT2D eigenvalue weighted by Gasteiger charge is -2.09. The molecule has 0 aromatic carbocycles. The van der Waals surface area contributed by atoms with Crippen molar-refractivity contribution in [2.24, 2.45) is 0 Å². The zero-order chi connectivity index (χ0) is 12.7. The number of unbranched alkanes of at least 4 members (excludes halogenated alkanes) is 1. The average molecular weight is 260 g/mol. The number of carboxylic acids is 1. The number of carbonyl (C=O) groups is 2. The van der Waals surface area contributed by atoms with Crippen molar-refractivity contribution in [1.29, 1.82) is 0 Å². The van der Waals surface area contributed by atoms with E-state index in [2.05, 4.69) is 10.0 Å². The maximum absolute atomic E-state index is 11.4. The van der Waals surface area contributed by atoms with E-state index in [1.54, 1.807) is 11.9 Å². The molecule has 0 aliphatic carbocycles. The smallest absolute Gasteiger partial charge is 0.325 e. The van der Waals surface area contributed by atoms with Crippen LogP contribution in [-0.4, -0.2) is 34.8 Å². The minimum Gasteiger partial charge on any atom is -0.480 e. The summed E-state index contributed by atoms with van der Waals surface area (Å²) in [6.45, 7) is 2.55. The van der Waals surface area contributed by atoms with Crippen molar-refractivity contribution in [1.82, 2.24) is 10.0 Å². The lowest BCUT2D eigenvalue weighted by molar-refractivity contribution is -0.141. The molecule has 1 heterocycles. The summed E-state index contributed by atoms with van der Waals surface area (Å²) in [4.78, 5) is 21.9. The van der Waals surface area contributed by atoms with Crippen LogP contribution >= 0.6 is 11.9 Å². The lowest BCUT2D eigenvalue weighted by Crippen LogP contribution is -2.38. The summed E-state index contributed by atoms with van der Waals surface area (Å²) >= 11 is 1.79. The van der Waals surface area contributed by atoms with Gasteiger partial charge in [0.2, 0.25) is 5.91 Å². The van der Waals surface area contributed by atoms with Crippen molar-refractivity contribution in [3.05, 3.63) is 0 Å². The van der Waals surface area contributed by atoms with Crippen LogP contribution in [-0.2, 0) is 9.59 Å². The molecule has 1 saturated heterocycles. The fraction of sp³-hybridized carbons (Fsp3) is 0.818. The van der Waals surface area contributed by atoms with E-state index in [1.165, 1.54) is 13.3 Å². The first-order valence-electron chi connectivity index (χ1n) is 6.00. The number of nitrogens with one attached hydrogen (secondary N) is 2. The third kappa shape index (κ3) is 5.93. The molecule has 0 radical (unpaired) electrons. The van der Waals surface area contributed by atoms with E-state index in [4.69, 9.17) is 5.11 Å². The molecule has 5 nitrogen and oxygen atoms in total. The van der Waals surface area contributed by atoms with Gasteiger partial charge < -0.3 is 10.4 Å². The molecule has 0 aromatic heterocycles. The molecule has 0 aromatic rings. The Labute approximate surface area is 106 Å². The van der Waals surface area contributed by atoms with Crippen LogP contribution in [0, 0.1) is 0 Å². The Morgan fingerprint density at radius 3 is 2.88 bits per heavy atom. The monoisotopic (exact) mass is 260 g/mol. The van der Waals surface area contributed by atoms with E-state index in [0.717, 1.165) is 25.8 Å². The summed E-state index contributed by atoms with van der Waals surface area (Å²) in [7, 11) is 0. The molecule has 1 amide bonds. The zero-order valence-electron chi connectivity index (χ0n) is 10.1. The Balaban J connectivity index is 2.01. The van der Waals surface area contributed by atoms with Crippen LogP contribution in [0.15, 0.2) is 0 Å². The van der Waals surface area contributed by atoms with Gasteiger partial charge in [-0.05, 0) is 26.2 Å². The summed E-state index contributed by atoms with van der Waals surface area (Å²) in [5, 5.41) is 11.8. The zero-order valence-corrected chi connectivity index (χ0v) is 10.9. The Hall–Kier alpha value is -0.750. The van der Waals surface area contributed by atoms with Gasteiger partial charge in [0, 0.05) is 18.2 Å². The van der Waals surface area contributed by atoms with Gasteiger partial charge in [-0.2, -0.15) is 0 Å². The predicted molar refractivity (Wildman–Crippen MR) is 67.7 cm³/mol. The third-order valence-electron chi connectivity index (χ3n) is 2.75. The summed E-state index contributed by atoms with van der Waals surface area (Å²) in [6.07, 6.45) is 4.60. The lowest BCUT2D eigenvalue weighted by atomic mass is 10.1. The summed E-state index contributed by atoms with van der Waals surface area (Å²) < 4.78 is 3.23. The molecule has 1 rings (SSSR count). The van der Waals surface area contributed by atoms with E-state index in [-0.39, 0.29) is 5.91 Å². The highest BCUT2D eigenvalue weighted by atomic mass is 32.2. The number of rotatable bonds is 7. The van der Waals surface area contributed by atoms with Gasteiger partial charge in [0.15, 0.2) is 0 Å². The van der Waals surface area contributed by atoms with E-state index in [1.807, 2.05) is 0 Å². The highest BCUT2D eigenvalue weighted by Crippen LogP contribution is 2.22. The SMILES string of the molecule is CC(NC(=O)CCCCC1CCNS1)C(=O)O. The molecule has 2 unspecified atom stereocenters. The van der Waals surface area contributed by atoms with Gasteiger partial charge in [-0.25, -0.2) is 0 Å². The molecule has 2 atom stereocenters. The minimum absolute atomic E-state index is 0.169. The second-order valence-electron chi connectivity index (χ2n) is 4.30. The number of carboxylic acid groups (broad SMARTS) is 1. The van der Waals surface area contributed by atoms with E-state index in [9.17, 15) is 9.59 Å². The fourth-order valence-electron chi connectivity index (χ4n) is 1.69. The summed E-state index contributed by atoms with van der Waals surface area (Å²) in [5.41, 5.74) is 0. The first-order chi connectivity index (χ1) is 8.09. The Morgan fingerprint density at radius 1 is 1.53 bits per heavy atom. The number of hydrogen-bond donors (Lipinski definition) is 3. The molecule has 98 valence electrons. The summed E-state index contributed by atoms with van der Waals surface area (Å²) in [5.74, 6) is -1.16. The number of carbonyl (C=O) groups excluding carboxylic acids is 1. The standard InChI is InChI=1S/C11H20N2O3S/c1-8(11(15)16)13-10(14)5-3-2-4-9-6-7-12-17-9/h8-9,12H,2-7H2,1H3,(H,13,14)(H,15,16). The molecular formula is C11H20N2O3S. The minimum atomic E-state index is -0.994. The molecule has 17 heavy (non-hydrogen) atoms. The van der Waals surface area contributed by atoms with Crippen molar-refractivity contribution in [2.75, 3.05) is 6.54 Å². The van der Waals surface area contributed by atoms with Crippen LogP contribution in [0.4, 0.5) is 0 Å². The topological polar surface area (TPSA) is 78.4 Å². The molecular weight excluding hydrogens is 240 g/mol. The second-order valence-corrected chi connectivity index (χ2v) is 5.49. The fourth-order valence-corrected chi connectivity index (χ4v) is 2.68. The second kappa shape index (κ2) is 7.55. The number of amides is 1. The van der Waals surface area contributed by atoms with E-state index >= 15 is 0 Å². The highest BCUT2D eigenvalue weighted by molar-refractivity contribution is 7.98. The van der Waals surface area contributed by atoms with Gasteiger partial charge in [0.1, 0.15) is 6.04 Å². The van der Waals surface area contributed by atoms with Crippen LogP contribution < -0.4 is 10.0 Å². The molecule has 1 fully saturated rings. The third-order valence-corrected chi connectivity index (χ3v) is 3.92. The molecule has 1 aliphatic heterocycles. The van der Waals surface area contributed by atoms with Crippen LogP contribution in [0.25, 0.3) is 0 Å². The molecule has 0 spiro atoms. The average Bonchev–Trinajstić information content (AvgIpc) is 2.77. The molecule has 0 saturated carbocycles. The van der Waals surface area contributed by atoms with Gasteiger partial charge in [0.25, 0.3) is 0 Å². The van der Waals surface area contributed by atoms with Crippen LogP contribution in [0.3, 0.4) is 0 Å². The van der Waals surface area contributed by atoms with Crippen LogP contribution in [0.5, 0.6) is 0 Å². The number of hydrogen-bond acceptors (Lipinski definition) is 4. The van der Waals surface area contributed by atoms with Crippen LogP contribution in [0.2, 0.25) is 0 Å². The Kier molecular flexibility index (Phi) is 6.36. The van der Waals surface area contributed by atoms with Gasteiger partial charge in [-0.3, -0.25) is 14.3 Å². The Bertz CT molecular complexity index is 267. The number of aliphatic carboxylic acids is 1. The quantitative estimate of drug-likeness (QED) is 0.473. The van der Waals surface area contributed by atoms with Crippen molar-refractivity contribution in [2.45, 2.75) is 50.3 Å². The van der Waals surface area contributed by atoms with Gasteiger partial charge in [-0.15, -0.1) is 0 Å². The van der Waals surface area contributed by atoms with Crippen molar-refractivity contribution in [3.8, 4) is 0 Å². The van der Waals surface area contributed by atoms with Crippen LogP contribution in [0.1, 0.15) is 39.0 Å².